The summed E-state index contributed by atoms with van der Waals surface area (Å²) in [5, 5.41) is 3.77. The van der Waals surface area contributed by atoms with Crippen molar-refractivity contribution in [3.05, 3.63) is 101 Å². The minimum atomic E-state index is 0.639. The number of anilines is 1. The van der Waals surface area contributed by atoms with Gasteiger partial charge in [-0.05, 0) is 72.2 Å². The molecule has 1 N–H and O–H groups in total. The minimum Gasteiger partial charge on any atom is -0.371 e. The molecule has 0 aromatic heterocycles. The van der Waals surface area contributed by atoms with Crippen LogP contribution in [-0.4, -0.2) is 25.7 Å². The van der Waals surface area contributed by atoms with Crippen LogP contribution in [0.25, 0.3) is 11.6 Å². The van der Waals surface area contributed by atoms with Crippen LogP contribution in [0.4, 0.5) is 5.69 Å². The Morgan fingerprint density at radius 3 is 2.47 bits per heavy atom. The fraction of sp³-hybridized carbons (Fsp3) is 0.286. The SMILES string of the molecule is C1=C(c2cccc(N3CCC(NCCc4ccccc4)CC3)c2)Cc2ccccc21. The second kappa shape index (κ2) is 8.89. The van der Waals surface area contributed by atoms with E-state index in [9.17, 15) is 0 Å². The van der Waals surface area contributed by atoms with Gasteiger partial charge in [0.05, 0.1) is 0 Å². The van der Waals surface area contributed by atoms with Crippen LogP contribution in [0.1, 0.15) is 35.1 Å². The zero-order chi connectivity index (χ0) is 20.2. The average Bonchev–Trinajstić information content (AvgIpc) is 3.25. The van der Waals surface area contributed by atoms with E-state index in [-0.39, 0.29) is 0 Å². The van der Waals surface area contributed by atoms with Crippen molar-refractivity contribution in [1.82, 2.24) is 5.32 Å². The first-order chi connectivity index (χ1) is 14.8. The molecule has 5 rings (SSSR count). The molecule has 0 saturated carbocycles. The molecule has 152 valence electrons. The summed E-state index contributed by atoms with van der Waals surface area (Å²) < 4.78 is 0. The first-order valence-electron chi connectivity index (χ1n) is 11.3. The molecule has 30 heavy (non-hydrogen) atoms. The van der Waals surface area contributed by atoms with Gasteiger partial charge in [0.1, 0.15) is 0 Å². The standard InChI is InChI=1S/C28H30N2/c1-2-7-22(8-3-1)13-16-29-27-14-17-30(18-15-27)28-12-6-11-25(21-28)26-19-23-9-4-5-10-24(23)20-26/h1-12,19,21,27,29H,13-18,20H2. The van der Waals surface area contributed by atoms with E-state index in [0.29, 0.717) is 6.04 Å². The van der Waals surface area contributed by atoms with E-state index in [1.54, 1.807) is 0 Å². The lowest BCUT2D eigenvalue weighted by atomic mass is 10.0. The van der Waals surface area contributed by atoms with Crippen molar-refractivity contribution in [2.24, 2.45) is 0 Å². The van der Waals surface area contributed by atoms with E-state index in [2.05, 4.69) is 95.2 Å². The summed E-state index contributed by atoms with van der Waals surface area (Å²) in [4.78, 5) is 2.56. The molecule has 0 radical (unpaired) electrons. The minimum absolute atomic E-state index is 0.639. The maximum absolute atomic E-state index is 3.77. The van der Waals surface area contributed by atoms with Crippen LogP contribution in [0.2, 0.25) is 0 Å². The Morgan fingerprint density at radius 2 is 1.63 bits per heavy atom. The largest absolute Gasteiger partial charge is 0.371 e. The second-order valence-electron chi connectivity index (χ2n) is 8.55. The fourth-order valence-electron chi connectivity index (χ4n) is 4.77. The summed E-state index contributed by atoms with van der Waals surface area (Å²) in [6.07, 6.45) is 6.95. The van der Waals surface area contributed by atoms with Gasteiger partial charge in [-0.15, -0.1) is 0 Å². The molecule has 1 aliphatic carbocycles. The molecular formula is C28H30N2. The molecule has 0 amide bonds. The maximum atomic E-state index is 3.77. The number of piperidine rings is 1. The number of hydrogen-bond acceptors (Lipinski definition) is 2. The van der Waals surface area contributed by atoms with Gasteiger partial charge in [0.25, 0.3) is 0 Å². The molecule has 1 saturated heterocycles. The molecule has 3 aromatic carbocycles. The van der Waals surface area contributed by atoms with E-state index >= 15 is 0 Å². The van der Waals surface area contributed by atoms with Crippen LogP contribution in [-0.2, 0) is 12.8 Å². The zero-order valence-corrected chi connectivity index (χ0v) is 17.6. The Morgan fingerprint density at radius 1 is 0.833 bits per heavy atom. The van der Waals surface area contributed by atoms with Crippen molar-refractivity contribution in [3.8, 4) is 0 Å². The summed E-state index contributed by atoms with van der Waals surface area (Å²) in [5.41, 5.74) is 8.41. The Hall–Kier alpha value is -2.84. The van der Waals surface area contributed by atoms with Crippen molar-refractivity contribution in [3.63, 3.8) is 0 Å². The van der Waals surface area contributed by atoms with E-state index < -0.39 is 0 Å². The van der Waals surface area contributed by atoms with Crippen molar-refractivity contribution >= 4 is 17.3 Å². The van der Waals surface area contributed by atoms with Gasteiger partial charge in [-0.25, -0.2) is 0 Å². The highest BCUT2D eigenvalue weighted by Gasteiger charge is 2.20. The molecule has 1 heterocycles. The van der Waals surface area contributed by atoms with E-state index in [1.165, 1.54) is 46.4 Å². The van der Waals surface area contributed by atoms with Gasteiger partial charge in [-0.3, -0.25) is 0 Å². The van der Waals surface area contributed by atoms with Crippen molar-refractivity contribution < 1.29 is 0 Å². The molecule has 2 heteroatoms. The van der Waals surface area contributed by atoms with Gasteiger partial charge in [0, 0.05) is 24.8 Å². The summed E-state index contributed by atoms with van der Waals surface area (Å²) in [7, 11) is 0. The lowest BCUT2D eigenvalue weighted by Gasteiger charge is -2.34. The van der Waals surface area contributed by atoms with Gasteiger partial charge < -0.3 is 10.2 Å². The topological polar surface area (TPSA) is 15.3 Å². The molecule has 1 aliphatic heterocycles. The first-order valence-corrected chi connectivity index (χ1v) is 11.3. The summed E-state index contributed by atoms with van der Waals surface area (Å²) >= 11 is 0. The average molecular weight is 395 g/mol. The zero-order valence-electron chi connectivity index (χ0n) is 17.6. The molecule has 0 spiro atoms. The van der Waals surface area contributed by atoms with Crippen LogP contribution in [0.3, 0.4) is 0 Å². The number of hydrogen-bond donors (Lipinski definition) is 1. The lowest BCUT2D eigenvalue weighted by Crippen LogP contribution is -2.43. The maximum Gasteiger partial charge on any atom is 0.0372 e. The predicted molar refractivity (Wildman–Crippen MR) is 128 cm³/mol. The number of nitrogens with zero attached hydrogens (tertiary/aromatic N) is 1. The van der Waals surface area contributed by atoms with Crippen molar-refractivity contribution in [2.45, 2.75) is 31.7 Å². The quantitative estimate of drug-likeness (QED) is 0.587. The molecule has 2 aliphatic rings. The summed E-state index contributed by atoms with van der Waals surface area (Å²) in [6.45, 7) is 3.33. The van der Waals surface area contributed by atoms with E-state index in [0.717, 1.165) is 32.5 Å². The number of rotatable bonds is 6. The normalized spacial score (nSPS) is 16.4. The molecule has 2 nitrogen and oxygen atoms in total. The Kier molecular flexibility index (Phi) is 5.67. The van der Waals surface area contributed by atoms with Crippen molar-refractivity contribution in [1.29, 1.82) is 0 Å². The Bertz CT molecular complexity index is 1010. The van der Waals surface area contributed by atoms with Crippen LogP contribution >= 0.6 is 0 Å². The highest BCUT2D eigenvalue weighted by Crippen LogP contribution is 2.33. The molecule has 0 atom stereocenters. The predicted octanol–water partition coefficient (Wildman–Crippen LogP) is 5.58. The molecular weight excluding hydrogens is 364 g/mol. The number of nitrogens with one attached hydrogen (secondary N) is 1. The highest BCUT2D eigenvalue weighted by atomic mass is 15.1. The second-order valence-corrected chi connectivity index (χ2v) is 8.55. The first kappa shape index (κ1) is 19.1. The monoisotopic (exact) mass is 394 g/mol. The van der Waals surface area contributed by atoms with E-state index in [4.69, 9.17) is 0 Å². The third-order valence-electron chi connectivity index (χ3n) is 6.53. The third-order valence-corrected chi connectivity index (χ3v) is 6.53. The fourth-order valence-corrected chi connectivity index (χ4v) is 4.77. The molecule has 1 fully saturated rings. The molecule has 0 unspecified atom stereocenters. The summed E-state index contributed by atoms with van der Waals surface area (Å²) in [5.74, 6) is 0. The van der Waals surface area contributed by atoms with Crippen LogP contribution < -0.4 is 10.2 Å². The lowest BCUT2D eigenvalue weighted by molar-refractivity contribution is 0.417. The number of allylic oxidation sites excluding steroid dienone is 1. The van der Waals surface area contributed by atoms with Crippen LogP contribution in [0, 0.1) is 0 Å². The number of fused-ring (bicyclic) bond motifs is 1. The van der Waals surface area contributed by atoms with Crippen LogP contribution in [0.15, 0.2) is 78.9 Å². The van der Waals surface area contributed by atoms with Gasteiger partial charge >= 0.3 is 0 Å². The molecule has 3 aromatic rings. The van der Waals surface area contributed by atoms with Gasteiger partial charge in [0.2, 0.25) is 0 Å². The molecule has 0 bridgehead atoms. The van der Waals surface area contributed by atoms with Crippen LogP contribution in [0.5, 0.6) is 0 Å². The smallest absolute Gasteiger partial charge is 0.0372 e. The van der Waals surface area contributed by atoms with Gasteiger partial charge in [-0.1, -0.05) is 72.8 Å². The highest BCUT2D eigenvalue weighted by molar-refractivity contribution is 5.89. The number of benzene rings is 3. The third kappa shape index (κ3) is 4.34. The Labute approximate surface area is 180 Å². The van der Waals surface area contributed by atoms with Crippen molar-refractivity contribution in [2.75, 3.05) is 24.5 Å². The Balaban J connectivity index is 1.16. The van der Waals surface area contributed by atoms with E-state index in [1.807, 2.05) is 0 Å². The summed E-state index contributed by atoms with van der Waals surface area (Å²) in [6, 6.07) is 29.3. The van der Waals surface area contributed by atoms with Gasteiger partial charge in [-0.2, -0.15) is 0 Å². The van der Waals surface area contributed by atoms with Gasteiger partial charge in [0.15, 0.2) is 0 Å².